The van der Waals surface area contributed by atoms with Crippen molar-refractivity contribution in [3.8, 4) is 0 Å². The van der Waals surface area contributed by atoms with Crippen molar-refractivity contribution < 1.29 is 29.3 Å². The molecule has 0 heterocycles. The van der Waals surface area contributed by atoms with Gasteiger partial charge in [-0.05, 0) is 33.6 Å². The first-order valence-electron chi connectivity index (χ1n) is 7.57. The number of carbonyl (C=O) groups excluding carboxylic acids is 1. The summed E-state index contributed by atoms with van der Waals surface area (Å²) in [6, 6.07) is -1.69. The van der Waals surface area contributed by atoms with Crippen molar-refractivity contribution in [2.24, 2.45) is 0 Å². The normalized spacial score (nSPS) is 17.6. The third-order valence-electron chi connectivity index (χ3n) is 3.56. The van der Waals surface area contributed by atoms with Crippen LogP contribution in [0.25, 0.3) is 0 Å². The number of carbonyl (C=O) groups is 3. The molecule has 22 heavy (non-hydrogen) atoms. The number of aliphatic carboxylic acids is 2. The van der Waals surface area contributed by atoms with Crippen molar-refractivity contribution in [1.82, 2.24) is 4.90 Å². The highest BCUT2D eigenvalue weighted by Gasteiger charge is 2.39. The van der Waals surface area contributed by atoms with Crippen LogP contribution in [-0.4, -0.2) is 50.8 Å². The number of rotatable bonds is 5. The Morgan fingerprint density at radius 3 is 2.09 bits per heavy atom. The van der Waals surface area contributed by atoms with Crippen molar-refractivity contribution in [3.63, 3.8) is 0 Å². The topological polar surface area (TPSA) is 104 Å². The molecule has 126 valence electrons. The molecule has 7 heteroatoms. The highest BCUT2D eigenvalue weighted by atomic mass is 16.6. The molecule has 7 nitrogen and oxygen atoms in total. The van der Waals surface area contributed by atoms with E-state index in [1.807, 2.05) is 0 Å². The molecule has 0 aromatic rings. The van der Waals surface area contributed by atoms with E-state index < -0.39 is 36.1 Å². The summed E-state index contributed by atoms with van der Waals surface area (Å²) >= 11 is 0. The van der Waals surface area contributed by atoms with Crippen molar-refractivity contribution in [3.05, 3.63) is 0 Å². The van der Waals surface area contributed by atoms with Gasteiger partial charge in [-0.2, -0.15) is 0 Å². The zero-order valence-electron chi connectivity index (χ0n) is 13.4. The number of hydrogen-bond acceptors (Lipinski definition) is 4. The van der Waals surface area contributed by atoms with Crippen LogP contribution in [0.5, 0.6) is 0 Å². The standard InChI is InChI=1S/C15H25NO6/c1-15(2,3)22-14(21)16(10-7-5-4-6-8-10)11(13(19)20)9-12(17)18/h10-11H,4-9H2,1-3H3,(H,17,18)(H,19,20)/t11-/m0/s1. The van der Waals surface area contributed by atoms with Crippen LogP contribution >= 0.6 is 0 Å². The number of carboxylic acids is 2. The minimum Gasteiger partial charge on any atom is -0.481 e. The van der Waals surface area contributed by atoms with Gasteiger partial charge >= 0.3 is 18.0 Å². The number of ether oxygens (including phenoxy) is 1. The maximum atomic E-state index is 12.4. The fraction of sp³-hybridized carbons (Fsp3) is 0.800. The number of amides is 1. The Hall–Kier alpha value is -1.79. The third kappa shape index (κ3) is 5.54. The van der Waals surface area contributed by atoms with Crippen LogP contribution in [0.15, 0.2) is 0 Å². The second-order valence-corrected chi connectivity index (χ2v) is 6.63. The van der Waals surface area contributed by atoms with Gasteiger partial charge in [0.1, 0.15) is 11.6 Å². The van der Waals surface area contributed by atoms with Crippen molar-refractivity contribution >= 4 is 18.0 Å². The molecule has 1 aliphatic rings. The zero-order valence-corrected chi connectivity index (χ0v) is 13.4. The summed E-state index contributed by atoms with van der Waals surface area (Å²) in [6.45, 7) is 5.07. The average Bonchev–Trinajstić information content (AvgIpc) is 2.36. The lowest BCUT2D eigenvalue weighted by Crippen LogP contribution is -2.53. The van der Waals surface area contributed by atoms with E-state index in [4.69, 9.17) is 9.84 Å². The molecule has 1 fully saturated rings. The van der Waals surface area contributed by atoms with E-state index in [1.165, 1.54) is 0 Å². The summed E-state index contributed by atoms with van der Waals surface area (Å²) in [5.41, 5.74) is -0.768. The van der Waals surface area contributed by atoms with E-state index in [0.29, 0.717) is 12.8 Å². The molecule has 0 aliphatic heterocycles. The van der Waals surface area contributed by atoms with Gasteiger partial charge in [0.05, 0.1) is 6.42 Å². The highest BCUT2D eigenvalue weighted by molar-refractivity contribution is 5.85. The fourth-order valence-electron chi connectivity index (χ4n) is 2.67. The van der Waals surface area contributed by atoms with Crippen LogP contribution in [0.3, 0.4) is 0 Å². The van der Waals surface area contributed by atoms with Crippen LogP contribution in [0.2, 0.25) is 0 Å². The van der Waals surface area contributed by atoms with E-state index in [0.717, 1.165) is 24.2 Å². The number of hydrogen-bond donors (Lipinski definition) is 2. The van der Waals surface area contributed by atoms with Gasteiger partial charge in [0.15, 0.2) is 0 Å². The Morgan fingerprint density at radius 2 is 1.68 bits per heavy atom. The summed E-state index contributed by atoms with van der Waals surface area (Å²) in [4.78, 5) is 36.0. The molecule has 0 aromatic carbocycles. The van der Waals surface area contributed by atoms with Crippen LogP contribution in [0, 0.1) is 0 Å². The first kappa shape index (κ1) is 18.3. The lowest BCUT2D eigenvalue weighted by atomic mass is 9.93. The molecule has 2 N–H and O–H groups in total. The SMILES string of the molecule is CC(C)(C)OC(=O)N(C1CCCCC1)[C@@H](CC(=O)O)C(=O)O. The quantitative estimate of drug-likeness (QED) is 0.807. The summed E-state index contributed by atoms with van der Waals surface area (Å²) in [7, 11) is 0. The van der Waals surface area contributed by atoms with Gasteiger partial charge in [0.2, 0.25) is 0 Å². The molecular weight excluding hydrogens is 290 g/mol. The van der Waals surface area contributed by atoms with Crippen molar-refractivity contribution in [2.45, 2.75) is 77.0 Å². The molecular formula is C15H25NO6. The fourth-order valence-corrected chi connectivity index (χ4v) is 2.67. The van der Waals surface area contributed by atoms with Gasteiger partial charge in [0, 0.05) is 6.04 Å². The number of nitrogens with zero attached hydrogens (tertiary/aromatic N) is 1. The largest absolute Gasteiger partial charge is 0.481 e. The third-order valence-corrected chi connectivity index (χ3v) is 3.56. The molecule has 0 saturated heterocycles. The van der Waals surface area contributed by atoms with Gasteiger partial charge in [-0.1, -0.05) is 19.3 Å². The lowest BCUT2D eigenvalue weighted by molar-refractivity contribution is -0.150. The summed E-state index contributed by atoms with van der Waals surface area (Å²) in [6.07, 6.45) is 2.77. The second kappa shape index (κ2) is 7.47. The minimum absolute atomic E-state index is 0.288. The van der Waals surface area contributed by atoms with Crippen molar-refractivity contribution in [2.75, 3.05) is 0 Å². The maximum Gasteiger partial charge on any atom is 0.411 e. The van der Waals surface area contributed by atoms with E-state index in [2.05, 4.69) is 0 Å². The Bertz CT molecular complexity index is 422. The van der Waals surface area contributed by atoms with Gasteiger partial charge in [0.25, 0.3) is 0 Å². The van der Waals surface area contributed by atoms with E-state index in [1.54, 1.807) is 20.8 Å². The van der Waals surface area contributed by atoms with Gasteiger partial charge in [-0.25, -0.2) is 9.59 Å². The summed E-state index contributed by atoms with van der Waals surface area (Å²) < 4.78 is 5.30. The van der Waals surface area contributed by atoms with Gasteiger partial charge in [-0.3, -0.25) is 9.69 Å². The Morgan fingerprint density at radius 1 is 1.14 bits per heavy atom. The molecule has 0 aromatic heterocycles. The van der Waals surface area contributed by atoms with Gasteiger partial charge < -0.3 is 14.9 Å². The molecule has 1 saturated carbocycles. The van der Waals surface area contributed by atoms with Crippen molar-refractivity contribution in [1.29, 1.82) is 0 Å². The first-order chi connectivity index (χ1) is 10.1. The first-order valence-corrected chi connectivity index (χ1v) is 7.57. The van der Waals surface area contributed by atoms with E-state index >= 15 is 0 Å². The van der Waals surface area contributed by atoms with Gasteiger partial charge in [-0.15, -0.1) is 0 Å². The molecule has 0 unspecified atom stereocenters. The molecule has 0 bridgehead atoms. The predicted octanol–water partition coefficient (Wildman–Crippen LogP) is 2.48. The molecule has 1 rings (SSSR count). The Balaban J connectivity index is 3.04. The maximum absolute atomic E-state index is 12.4. The molecule has 1 atom stereocenters. The molecule has 0 radical (unpaired) electrons. The smallest absolute Gasteiger partial charge is 0.411 e. The Labute approximate surface area is 130 Å². The Kier molecular flexibility index (Phi) is 6.20. The summed E-state index contributed by atoms with van der Waals surface area (Å²) in [5, 5.41) is 18.3. The average molecular weight is 315 g/mol. The zero-order chi connectivity index (χ0) is 16.9. The lowest BCUT2D eigenvalue weighted by Gasteiger charge is -2.38. The minimum atomic E-state index is -1.41. The number of carboxylic acid groups (broad SMARTS) is 2. The predicted molar refractivity (Wildman–Crippen MR) is 78.6 cm³/mol. The monoisotopic (exact) mass is 315 g/mol. The van der Waals surface area contributed by atoms with Crippen LogP contribution in [0.1, 0.15) is 59.3 Å². The van der Waals surface area contributed by atoms with Crippen LogP contribution < -0.4 is 0 Å². The second-order valence-electron chi connectivity index (χ2n) is 6.63. The molecule has 1 aliphatic carbocycles. The van der Waals surface area contributed by atoms with Crippen LogP contribution in [-0.2, 0) is 14.3 Å². The molecule has 0 spiro atoms. The molecule has 1 amide bonds. The van der Waals surface area contributed by atoms with E-state index in [9.17, 15) is 19.5 Å². The highest BCUT2D eigenvalue weighted by Crippen LogP contribution is 2.27. The van der Waals surface area contributed by atoms with Crippen LogP contribution in [0.4, 0.5) is 4.79 Å². The summed E-state index contributed by atoms with van der Waals surface area (Å²) in [5.74, 6) is -2.57. The van der Waals surface area contributed by atoms with E-state index in [-0.39, 0.29) is 6.04 Å².